The molecule has 0 radical (unpaired) electrons. The number of rotatable bonds is 4. The minimum absolute atomic E-state index is 0.00283. The Hall–Kier alpha value is -2.89. The number of hydrogen-bond acceptors (Lipinski definition) is 5. The van der Waals surface area contributed by atoms with Crippen molar-refractivity contribution in [2.45, 2.75) is 6.92 Å². The Kier molecular flexibility index (Phi) is 4.18. The lowest BCUT2D eigenvalue weighted by Crippen LogP contribution is -2.00. The van der Waals surface area contributed by atoms with Crippen molar-refractivity contribution in [2.24, 2.45) is 0 Å². The van der Waals surface area contributed by atoms with Crippen LogP contribution >= 0.6 is 0 Å². The lowest BCUT2D eigenvalue weighted by atomic mass is 10.1. The van der Waals surface area contributed by atoms with E-state index in [0.29, 0.717) is 17.1 Å². The van der Waals surface area contributed by atoms with Crippen LogP contribution in [0.15, 0.2) is 46.5 Å². The van der Waals surface area contributed by atoms with Gasteiger partial charge in [-0.3, -0.25) is 10.1 Å². The predicted octanol–water partition coefficient (Wildman–Crippen LogP) is 3.37. The first kappa shape index (κ1) is 14.5. The normalized spacial score (nSPS) is 11.2. The summed E-state index contributed by atoms with van der Waals surface area (Å²) in [7, 11) is 1.32. The Balaban J connectivity index is 2.24. The van der Waals surface area contributed by atoms with Crippen molar-refractivity contribution in [3.8, 4) is 11.3 Å². The Bertz CT molecular complexity index is 697. The standard InChI is InChI=1S/C15H13NO5/c1-10(16(18)19)9-13-7-8-14(21-13)11-3-5-12(6-4-11)15(17)20-2/h3-9H,1-2H3. The molecule has 1 aromatic carbocycles. The van der Waals surface area contributed by atoms with E-state index in [2.05, 4.69) is 4.74 Å². The number of benzene rings is 1. The summed E-state index contributed by atoms with van der Waals surface area (Å²) in [6.07, 6.45) is 1.35. The third-order valence-electron chi connectivity index (χ3n) is 2.86. The Labute approximate surface area is 120 Å². The highest BCUT2D eigenvalue weighted by atomic mass is 16.6. The summed E-state index contributed by atoms with van der Waals surface area (Å²) in [4.78, 5) is 21.4. The minimum Gasteiger partial charge on any atom is -0.465 e. The zero-order chi connectivity index (χ0) is 15.4. The second kappa shape index (κ2) is 6.04. The first-order chi connectivity index (χ1) is 10.0. The number of esters is 1. The van der Waals surface area contributed by atoms with Gasteiger partial charge in [0.25, 0.3) is 0 Å². The van der Waals surface area contributed by atoms with E-state index in [1.165, 1.54) is 20.1 Å². The average Bonchev–Trinajstić information content (AvgIpc) is 2.95. The van der Waals surface area contributed by atoms with Crippen LogP contribution in [0.1, 0.15) is 23.0 Å². The molecule has 1 heterocycles. The van der Waals surface area contributed by atoms with Gasteiger partial charge in [0.05, 0.1) is 23.7 Å². The van der Waals surface area contributed by atoms with Crippen molar-refractivity contribution in [2.75, 3.05) is 7.11 Å². The quantitative estimate of drug-likeness (QED) is 0.489. The molecular weight excluding hydrogens is 274 g/mol. The van der Waals surface area contributed by atoms with E-state index in [4.69, 9.17) is 4.42 Å². The van der Waals surface area contributed by atoms with Crippen molar-refractivity contribution >= 4 is 12.0 Å². The minimum atomic E-state index is -0.479. The van der Waals surface area contributed by atoms with Crippen LogP contribution in [0.5, 0.6) is 0 Å². The molecule has 0 fully saturated rings. The molecule has 0 saturated carbocycles. The van der Waals surface area contributed by atoms with Gasteiger partial charge in [-0.25, -0.2) is 4.79 Å². The smallest absolute Gasteiger partial charge is 0.337 e. The third kappa shape index (κ3) is 3.36. The molecule has 0 amide bonds. The van der Waals surface area contributed by atoms with Gasteiger partial charge < -0.3 is 9.15 Å². The van der Waals surface area contributed by atoms with Crippen molar-refractivity contribution in [1.29, 1.82) is 0 Å². The maximum atomic E-state index is 11.3. The molecule has 1 aromatic heterocycles. The number of methoxy groups -OCH3 is 1. The van der Waals surface area contributed by atoms with Crippen molar-refractivity contribution in [3.05, 3.63) is 63.5 Å². The van der Waals surface area contributed by atoms with Gasteiger partial charge in [0.2, 0.25) is 5.70 Å². The highest BCUT2D eigenvalue weighted by Gasteiger charge is 2.09. The van der Waals surface area contributed by atoms with Crippen LogP contribution < -0.4 is 0 Å². The van der Waals surface area contributed by atoms with E-state index in [9.17, 15) is 14.9 Å². The molecule has 108 valence electrons. The van der Waals surface area contributed by atoms with Gasteiger partial charge in [-0.2, -0.15) is 0 Å². The average molecular weight is 287 g/mol. The van der Waals surface area contributed by atoms with E-state index in [-0.39, 0.29) is 5.70 Å². The molecule has 2 rings (SSSR count). The molecular formula is C15H13NO5. The van der Waals surface area contributed by atoms with E-state index in [1.54, 1.807) is 36.4 Å². The van der Waals surface area contributed by atoms with E-state index >= 15 is 0 Å². The molecule has 0 aliphatic rings. The SMILES string of the molecule is COC(=O)c1ccc(-c2ccc(C=C(C)[N+](=O)[O-])o2)cc1. The Morgan fingerprint density at radius 1 is 1.24 bits per heavy atom. The zero-order valence-corrected chi connectivity index (χ0v) is 11.5. The van der Waals surface area contributed by atoms with Crippen molar-refractivity contribution < 1.29 is 18.9 Å². The number of furan rings is 1. The maximum absolute atomic E-state index is 11.3. The largest absolute Gasteiger partial charge is 0.465 e. The first-order valence-electron chi connectivity index (χ1n) is 6.12. The summed E-state index contributed by atoms with van der Waals surface area (Å²) >= 11 is 0. The number of nitro groups is 1. The van der Waals surface area contributed by atoms with Crippen LogP contribution in [-0.4, -0.2) is 18.0 Å². The summed E-state index contributed by atoms with van der Waals surface area (Å²) in [6, 6.07) is 10.1. The van der Waals surface area contributed by atoms with Gasteiger partial charge in [0.15, 0.2) is 0 Å². The van der Waals surface area contributed by atoms with E-state index in [0.717, 1.165) is 5.56 Å². The number of carbonyl (C=O) groups is 1. The number of hydrogen-bond donors (Lipinski definition) is 0. The molecule has 0 aliphatic heterocycles. The molecule has 21 heavy (non-hydrogen) atoms. The van der Waals surface area contributed by atoms with Crippen LogP contribution in [0, 0.1) is 10.1 Å². The number of allylic oxidation sites excluding steroid dienone is 1. The number of nitrogens with zero attached hydrogens (tertiary/aromatic N) is 1. The van der Waals surface area contributed by atoms with Gasteiger partial charge >= 0.3 is 5.97 Å². The molecule has 0 unspecified atom stereocenters. The second-order valence-electron chi connectivity index (χ2n) is 4.31. The fourth-order valence-corrected chi connectivity index (χ4v) is 1.73. The van der Waals surface area contributed by atoms with Gasteiger partial charge in [-0.1, -0.05) is 12.1 Å². The lowest BCUT2D eigenvalue weighted by molar-refractivity contribution is -0.422. The van der Waals surface area contributed by atoms with E-state index < -0.39 is 10.9 Å². The Morgan fingerprint density at radius 3 is 2.48 bits per heavy atom. The van der Waals surface area contributed by atoms with Gasteiger partial charge in [0.1, 0.15) is 11.5 Å². The highest BCUT2D eigenvalue weighted by molar-refractivity contribution is 5.89. The summed E-state index contributed by atoms with van der Waals surface area (Å²) in [5.41, 5.74) is 1.20. The summed E-state index contributed by atoms with van der Waals surface area (Å²) in [5.74, 6) is 0.552. The van der Waals surface area contributed by atoms with Crippen molar-refractivity contribution in [1.82, 2.24) is 0 Å². The monoisotopic (exact) mass is 287 g/mol. The molecule has 0 saturated heterocycles. The third-order valence-corrected chi connectivity index (χ3v) is 2.86. The number of ether oxygens (including phenoxy) is 1. The summed E-state index contributed by atoms with van der Waals surface area (Å²) in [6.45, 7) is 1.40. The lowest BCUT2D eigenvalue weighted by Gasteiger charge is -2.00. The van der Waals surface area contributed by atoms with Gasteiger partial charge in [-0.05, 0) is 24.3 Å². The van der Waals surface area contributed by atoms with Crippen LogP contribution in [0.3, 0.4) is 0 Å². The first-order valence-corrected chi connectivity index (χ1v) is 6.12. The maximum Gasteiger partial charge on any atom is 0.337 e. The molecule has 6 nitrogen and oxygen atoms in total. The van der Waals surface area contributed by atoms with Crippen LogP contribution in [0.4, 0.5) is 0 Å². The molecule has 0 N–H and O–H groups in total. The van der Waals surface area contributed by atoms with Gasteiger partial charge in [0, 0.05) is 12.5 Å². The molecule has 0 bridgehead atoms. The summed E-state index contributed by atoms with van der Waals surface area (Å²) < 4.78 is 10.1. The van der Waals surface area contributed by atoms with E-state index in [1.807, 2.05) is 0 Å². The van der Waals surface area contributed by atoms with Gasteiger partial charge in [-0.15, -0.1) is 0 Å². The fraction of sp³-hybridized carbons (Fsp3) is 0.133. The molecule has 6 heteroatoms. The van der Waals surface area contributed by atoms with Crippen LogP contribution in [0.2, 0.25) is 0 Å². The zero-order valence-electron chi connectivity index (χ0n) is 11.5. The highest BCUT2D eigenvalue weighted by Crippen LogP contribution is 2.24. The van der Waals surface area contributed by atoms with Crippen LogP contribution in [0.25, 0.3) is 17.4 Å². The van der Waals surface area contributed by atoms with Crippen molar-refractivity contribution in [3.63, 3.8) is 0 Å². The van der Waals surface area contributed by atoms with Crippen LogP contribution in [-0.2, 0) is 4.74 Å². The summed E-state index contributed by atoms with van der Waals surface area (Å²) in [5, 5.41) is 10.6. The predicted molar refractivity (Wildman–Crippen MR) is 76.1 cm³/mol. The molecule has 0 aliphatic carbocycles. The topological polar surface area (TPSA) is 82.6 Å². The molecule has 0 atom stereocenters. The molecule has 2 aromatic rings. The Morgan fingerprint density at radius 2 is 1.90 bits per heavy atom. The fourth-order valence-electron chi connectivity index (χ4n) is 1.73. The molecule has 0 spiro atoms. The number of carbonyl (C=O) groups excluding carboxylic acids is 1. The second-order valence-corrected chi connectivity index (χ2v) is 4.31.